The van der Waals surface area contributed by atoms with Gasteiger partial charge in [-0.3, -0.25) is 4.79 Å². The standard InChI is InChI=1S/C16H17ClO5/c1-16(14(19)15(20)22-3,10-4-5-13(18)21-2)11-6-8-12(17)9-7-11/h4-9H,10H2,1-3H3/b5-4+. The zero-order valence-electron chi connectivity index (χ0n) is 12.6. The van der Waals surface area contributed by atoms with Crippen molar-refractivity contribution in [1.82, 2.24) is 0 Å². The topological polar surface area (TPSA) is 69.7 Å². The van der Waals surface area contributed by atoms with Crippen molar-refractivity contribution in [2.24, 2.45) is 0 Å². The quantitative estimate of drug-likeness (QED) is 0.457. The van der Waals surface area contributed by atoms with Gasteiger partial charge in [0.25, 0.3) is 5.78 Å². The lowest BCUT2D eigenvalue weighted by molar-refractivity contribution is -0.154. The number of methoxy groups -OCH3 is 2. The van der Waals surface area contributed by atoms with Gasteiger partial charge in [0.1, 0.15) is 0 Å². The van der Waals surface area contributed by atoms with Gasteiger partial charge in [-0.2, -0.15) is 0 Å². The molecule has 22 heavy (non-hydrogen) atoms. The summed E-state index contributed by atoms with van der Waals surface area (Å²) in [5, 5.41) is 0.515. The number of ketones is 1. The Hall–Kier alpha value is -2.14. The first kappa shape index (κ1) is 17.9. The molecule has 0 amide bonds. The maximum Gasteiger partial charge on any atom is 0.375 e. The fraction of sp³-hybridized carbons (Fsp3) is 0.312. The van der Waals surface area contributed by atoms with Gasteiger partial charge in [-0.25, -0.2) is 9.59 Å². The average molecular weight is 325 g/mol. The van der Waals surface area contributed by atoms with Crippen LogP contribution in [0.5, 0.6) is 0 Å². The summed E-state index contributed by atoms with van der Waals surface area (Å²) < 4.78 is 9.02. The van der Waals surface area contributed by atoms with Crippen LogP contribution in [0.1, 0.15) is 18.9 Å². The normalized spacial score (nSPS) is 13.5. The number of rotatable bonds is 6. The Kier molecular flexibility index (Phi) is 6.31. The van der Waals surface area contributed by atoms with Gasteiger partial charge in [-0.05, 0) is 31.0 Å². The van der Waals surface area contributed by atoms with E-state index in [0.29, 0.717) is 10.6 Å². The Balaban J connectivity index is 3.17. The van der Waals surface area contributed by atoms with Crippen molar-refractivity contribution in [2.75, 3.05) is 14.2 Å². The predicted octanol–water partition coefficient (Wildman–Crippen LogP) is 2.46. The fourth-order valence-corrected chi connectivity index (χ4v) is 2.06. The second-order valence-electron chi connectivity index (χ2n) is 4.79. The lowest BCUT2D eigenvalue weighted by Crippen LogP contribution is -2.38. The van der Waals surface area contributed by atoms with Gasteiger partial charge in [-0.15, -0.1) is 0 Å². The molecule has 0 fully saturated rings. The van der Waals surface area contributed by atoms with Crippen molar-refractivity contribution >= 4 is 29.3 Å². The maximum absolute atomic E-state index is 12.4. The number of allylic oxidation sites excluding steroid dienone is 1. The number of hydrogen-bond acceptors (Lipinski definition) is 5. The van der Waals surface area contributed by atoms with Crippen LogP contribution < -0.4 is 0 Å². The van der Waals surface area contributed by atoms with Crippen molar-refractivity contribution in [2.45, 2.75) is 18.8 Å². The minimum absolute atomic E-state index is 0.137. The average Bonchev–Trinajstić information content (AvgIpc) is 2.53. The molecule has 0 aliphatic heterocycles. The van der Waals surface area contributed by atoms with Crippen LogP contribution in [0, 0.1) is 0 Å². The molecule has 5 nitrogen and oxygen atoms in total. The SMILES string of the molecule is COC(=O)/C=C/CC(C)(C(=O)C(=O)OC)c1ccc(Cl)cc1. The fourth-order valence-electron chi connectivity index (χ4n) is 1.94. The molecule has 118 valence electrons. The summed E-state index contributed by atoms with van der Waals surface area (Å²) in [5.41, 5.74) is -0.566. The highest BCUT2D eigenvalue weighted by atomic mass is 35.5. The van der Waals surface area contributed by atoms with E-state index in [1.807, 2.05) is 0 Å². The number of hydrogen-bond donors (Lipinski definition) is 0. The largest absolute Gasteiger partial charge is 0.466 e. The summed E-state index contributed by atoms with van der Waals surface area (Å²) in [4.78, 5) is 35.1. The zero-order chi connectivity index (χ0) is 16.8. The predicted molar refractivity (Wildman–Crippen MR) is 81.6 cm³/mol. The third-order valence-corrected chi connectivity index (χ3v) is 3.59. The van der Waals surface area contributed by atoms with E-state index >= 15 is 0 Å². The van der Waals surface area contributed by atoms with Crippen LogP contribution in [0.2, 0.25) is 5.02 Å². The first-order valence-corrected chi connectivity index (χ1v) is 6.86. The molecule has 0 heterocycles. The number of esters is 2. The minimum atomic E-state index is -1.16. The van der Waals surface area contributed by atoms with E-state index in [4.69, 9.17) is 11.6 Å². The Morgan fingerprint density at radius 1 is 1.14 bits per heavy atom. The Morgan fingerprint density at radius 3 is 2.23 bits per heavy atom. The van der Waals surface area contributed by atoms with Crippen molar-refractivity contribution in [3.05, 3.63) is 47.0 Å². The van der Waals surface area contributed by atoms with E-state index in [2.05, 4.69) is 9.47 Å². The van der Waals surface area contributed by atoms with E-state index in [1.54, 1.807) is 31.2 Å². The first-order valence-electron chi connectivity index (χ1n) is 6.48. The van der Waals surface area contributed by atoms with Crippen LogP contribution in [-0.2, 0) is 29.3 Å². The molecule has 1 aromatic rings. The minimum Gasteiger partial charge on any atom is -0.466 e. The lowest BCUT2D eigenvalue weighted by Gasteiger charge is -2.26. The summed E-state index contributed by atoms with van der Waals surface area (Å²) in [6.45, 7) is 1.61. The number of carbonyl (C=O) groups is 3. The van der Waals surface area contributed by atoms with Crippen molar-refractivity contribution < 1.29 is 23.9 Å². The number of ether oxygens (including phenoxy) is 2. The summed E-state index contributed by atoms with van der Waals surface area (Å²) >= 11 is 5.84. The van der Waals surface area contributed by atoms with Crippen molar-refractivity contribution in [3.8, 4) is 0 Å². The van der Waals surface area contributed by atoms with Crippen LogP contribution >= 0.6 is 11.6 Å². The van der Waals surface area contributed by atoms with Crippen molar-refractivity contribution in [3.63, 3.8) is 0 Å². The highest BCUT2D eigenvalue weighted by Crippen LogP contribution is 2.31. The van der Waals surface area contributed by atoms with Gasteiger partial charge in [0, 0.05) is 11.1 Å². The zero-order valence-corrected chi connectivity index (χ0v) is 13.3. The Labute approximate surface area is 133 Å². The molecule has 0 saturated heterocycles. The van der Waals surface area contributed by atoms with E-state index in [0.717, 1.165) is 7.11 Å². The van der Waals surface area contributed by atoms with Gasteiger partial charge in [-0.1, -0.05) is 29.8 Å². The van der Waals surface area contributed by atoms with Crippen molar-refractivity contribution in [1.29, 1.82) is 0 Å². The summed E-state index contributed by atoms with van der Waals surface area (Å²) in [6, 6.07) is 6.58. The summed E-state index contributed by atoms with van der Waals surface area (Å²) in [5.74, 6) is -2.18. The van der Waals surface area contributed by atoms with Crippen LogP contribution in [0.25, 0.3) is 0 Å². The molecule has 0 saturated carbocycles. The number of halogens is 1. The molecule has 0 radical (unpaired) electrons. The second-order valence-corrected chi connectivity index (χ2v) is 5.23. The number of benzene rings is 1. The van der Waals surface area contributed by atoms with Gasteiger partial charge in [0.05, 0.1) is 19.6 Å². The van der Waals surface area contributed by atoms with Gasteiger partial charge in [0.15, 0.2) is 0 Å². The van der Waals surface area contributed by atoms with Crippen LogP contribution in [0.3, 0.4) is 0 Å². The third kappa shape index (κ3) is 4.18. The summed E-state index contributed by atoms with van der Waals surface area (Å²) in [6.07, 6.45) is 2.83. The molecule has 1 atom stereocenters. The van der Waals surface area contributed by atoms with Crippen LogP contribution in [0.4, 0.5) is 0 Å². The van der Waals surface area contributed by atoms with Gasteiger partial charge < -0.3 is 9.47 Å². The smallest absolute Gasteiger partial charge is 0.375 e. The molecule has 0 N–H and O–H groups in total. The highest BCUT2D eigenvalue weighted by molar-refractivity contribution is 6.37. The molecule has 1 aromatic carbocycles. The molecule has 1 unspecified atom stereocenters. The molecule has 0 aliphatic rings. The Morgan fingerprint density at radius 2 is 1.73 bits per heavy atom. The first-order chi connectivity index (χ1) is 10.3. The maximum atomic E-state index is 12.4. The molecule has 0 spiro atoms. The Bertz CT molecular complexity index is 591. The number of Topliss-reactive ketones (excluding diaryl/α,β-unsaturated/α-hetero) is 1. The monoisotopic (exact) mass is 324 g/mol. The van der Waals surface area contributed by atoms with Crippen LogP contribution in [0.15, 0.2) is 36.4 Å². The molecule has 0 aromatic heterocycles. The molecule has 0 aliphatic carbocycles. The summed E-state index contributed by atoms with van der Waals surface area (Å²) in [7, 11) is 2.40. The van der Waals surface area contributed by atoms with Gasteiger partial charge >= 0.3 is 11.9 Å². The molecule has 0 bridgehead atoms. The van der Waals surface area contributed by atoms with Crippen LogP contribution in [-0.4, -0.2) is 31.9 Å². The van der Waals surface area contributed by atoms with E-state index in [-0.39, 0.29) is 6.42 Å². The second kappa shape index (κ2) is 7.75. The molecular weight excluding hydrogens is 308 g/mol. The highest BCUT2D eigenvalue weighted by Gasteiger charge is 2.39. The van der Waals surface area contributed by atoms with E-state index in [9.17, 15) is 14.4 Å². The number of carbonyl (C=O) groups excluding carboxylic acids is 3. The van der Waals surface area contributed by atoms with Gasteiger partial charge in [0.2, 0.25) is 0 Å². The molecular formula is C16H17ClO5. The molecule has 6 heteroatoms. The van der Waals surface area contributed by atoms with E-state index in [1.165, 1.54) is 19.3 Å². The van der Waals surface area contributed by atoms with E-state index < -0.39 is 23.1 Å². The third-order valence-electron chi connectivity index (χ3n) is 3.33. The lowest BCUT2D eigenvalue weighted by atomic mass is 9.75. The molecule has 1 rings (SSSR count).